The summed E-state index contributed by atoms with van der Waals surface area (Å²) >= 11 is 6.23. The number of rotatable bonds is 7. The first-order valence-corrected chi connectivity index (χ1v) is 14.6. The molecule has 0 radical (unpaired) electrons. The van der Waals surface area contributed by atoms with Gasteiger partial charge in [0.1, 0.15) is 6.10 Å². The molecule has 214 valence electrons. The molecule has 1 saturated carbocycles. The van der Waals surface area contributed by atoms with Crippen molar-refractivity contribution in [2.45, 2.75) is 48.7 Å². The van der Waals surface area contributed by atoms with Gasteiger partial charge in [-0.25, -0.2) is 21.6 Å². The predicted molar refractivity (Wildman–Crippen MR) is 139 cm³/mol. The largest absolute Gasteiger partial charge is 0.387 e. The highest BCUT2D eigenvalue weighted by Gasteiger charge is 2.52. The second kappa shape index (κ2) is 10.8. The number of benzene rings is 2. The first-order valence-electron chi connectivity index (χ1n) is 12.7. The third-order valence-electron chi connectivity index (χ3n) is 7.85. The molecule has 0 spiro atoms. The fourth-order valence-corrected chi connectivity index (χ4v) is 7.73. The van der Waals surface area contributed by atoms with Gasteiger partial charge in [0.15, 0.2) is 17.5 Å². The van der Waals surface area contributed by atoms with E-state index in [4.69, 9.17) is 16.3 Å². The summed E-state index contributed by atoms with van der Waals surface area (Å²) in [5, 5.41) is 16.3. The van der Waals surface area contributed by atoms with Gasteiger partial charge in [0.05, 0.1) is 15.5 Å². The number of ether oxygens (including phenoxy) is 1. The van der Waals surface area contributed by atoms with E-state index in [-0.39, 0.29) is 44.9 Å². The molecule has 2 bridgehead atoms. The summed E-state index contributed by atoms with van der Waals surface area (Å²) in [7, 11) is -4.20. The SMILES string of the molecule is O=C(Nc1cc(F)c(F)c(F)c1)c1ccc(Cl)c(S(=O)(=O)C2=CC3CCC(C2)[C@]3(O)CNC(=O)[C@@H]2CCCO2)c1. The number of hydrogen-bond acceptors (Lipinski definition) is 6. The maximum atomic E-state index is 13.6. The van der Waals surface area contributed by atoms with Crippen molar-refractivity contribution in [1.82, 2.24) is 5.32 Å². The van der Waals surface area contributed by atoms with Crippen LogP contribution in [0.25, 0.3) is 0 Å². The van der Waals surface area contributed by atoms with E-state index in [1.54, 1.807) is 0 Å². The Morgan fingerprint density at radius 1 is 1.10 bits per heavy atom. The second-order valence-electron chi connectivity index (χ2n) is 10.3. The Labute approximate surface area is 233 Å². The Balaban J connectivity index is 1.35. The van der Waals surface area contributed by atoms with Gasteiger partial charge in [-0.15, -0.1) is 0 Å². The number of anilines is 1. The van der Waals surface area contributed by atoms with E-state index in [1.807, 2.05) is 0 Å². The van der Waals surface area contributed by atoms with E-state index in [0.29, 0.717) is 38.0 Å². The van der Waals surface area contributed by atoms with E-state index in [2.05, 4.69) is 10.6 Å². The van der Waals surface area contributed by atoms with Gasteiger partial charge in [0.25, 0.3) is 5.91 Å². The Kier molecular flexibility index (Phi) is 7.73. The Morgan fingerprint density at radius 2 is 1.82 bits per heavy atom. The first-order chi connectivity index (χ1) is 18.9. The van der Waals surface area contributed by atoms with Crippen LogP contribution in [0.4, 0.5) is 18.9 Å². The fourth-order valence-electron chi connectivity index (χ4n) is 5.65. The smallest absolute Gasteiger partial charge is 0.255 e. The average molecular weight is 599 g/mol. The molecular weight excluding hydrogens is 573 g/mol. The van der Waals surface area contributed by atoms with E-state index >= 15 is 0 Å². The number of aliphatic hydroxyl groups is 1. The van der Waals surface area contributed by atoms with Crippen molar-refractivity contribution >= 4 is 38.9 Å². The predicted octanol–water partition coefficient (Wildman–Crippen LogP) is 4.12. The molecule has 4 atom stereocenters. The summed E-state index contributed by atoms with van der Waals surface area (Å²) in [6, 6.07) is 4.69. The van der Waals surface area contributed by atoms with Gasteiger partial charge in [-0.1, -0.05) is 17.7 Å². The Bertz CT molecular complexity index is 1490. The van der Waals surface area contributed by atoms with Crippen molar-refractivity contribution in [1.29, 1.82) is 0 Å². The molecule has 1 saturated heterocycles. The van der Waals surface area contributed by atoms with Crippen molar-refractivity contribution in [2.24, 2.45) is 11.8 Å². The van der Waals surface area contributed by atoms with Crippen LogP contribution in [0.3, 0.4) is 0 Å². The lowest BCUT2D eigenvalue weighted by Crippen LogP contribution is -2.52. The molecule has 2 aliphatic carbocycles. The van der Waals surface area contributed by atoms with Crippen LogP contribution in [0.5, 0.6) is 0 Å². The zero-order valence-corrected chi connectivity index (χ0v) is 22.6. The van der Waals surface area contributed by atoms with Crippen LogP contribution >= 0.6 is 11.6 Å². The van der Waals surface area contributed by atoms with Crippen LogP contribution in [0.2, 0.25) is 5.02 Å². The van der Waals surface area contributed by atoms with Crippen LogP contribution in [0, 0.1) is 29.3 Å². The molecular formula is C27H26ClF3N2O6S. The number of halogens is 4. The maximum Gasteiger partial charge on any atom is 0.255 e. The molecule has 0 aromatic heterocycles. The number of amides is 2. The number of fused-ring (bicyclic) bond motifs is 2. The number of sulfone groups is 1. The highest BCUT2D eigenvalue weighted by atomic mass is 35.5. The number of nitrogens with one attached hydrogen (secondary N) is 2. The minimum Gasteiger partial charge on any atom is -0.387 e. The summed E-state index contributed by atoms with van der Waals surface area (Å²) in [6.45, 7) is 0.470. The highest BCUT2D eigenvalue weighted by Crippen LogP contribution is 2.50. The summed E-state index contributed by atoms with van der Waals surface area (Å²) < 4.78 is 73.0. The Morgan fingerprint density at radius 3 is 2.48 bits per heavy atom. The molecule has 2 unspecified atom stereocenters. The molecule has 3 N–H and O–H groups in total. The van der Waals surface area contributed by atoms with Gasteiger partial charge in [-0.2, -0.15) is 0 Å². The van der Waals surface area contributed by atoms with E-state index < -0.39 is 56.7 Å². The van der Waals surface area contributed by atoms with Crippen LogP contribution in [0.15, 0.2) is 46.2 Å². The monoisotopic (exact) mass is 598 g/mol. The van der Waals surface area contributed by atoms with E-state index in [0.717, 1.165) is 12.5 Å². The molecule has 1 heterocycles. The van der Waals surface area contributed by atoms with E-state index in [1.165, 1.54) is 18.2 Å². The first kappa shape index (κ1) is 28.6. The molecule has 2 fully saturated rings. The van der Waals surface area contributed by atoms with Gasteiger partial charge >= 0.3 is 0 Å². The molecule has 1 aliphatic heterocycles. The van der Waals surface area contributed by atoms with Crippen LogP contribution in [-0.4, -0.2) is 50.2 Å². The van der Waals surface area contributed by atoms with E-state index in [9.17, 15) is 36.3 Å². The number of allylic oxidation sites excluding steroid dienone is 1. The van der Waals surface area contributed by atoms with Gasteiger partial charge in [0, 0.05) is 47.4 Å². The van der Waals surface area contributed by atoms with Crippen molar-refractivity contribution in [3.8, 4) is 0 Å². The Hall–Kier alpha value is -2.93. The lowest BCUT2D eigenvalue weighted by atomic mass is 9.78. The molecule has 5 rings (SSSR count). The zero-order valence-electron chi connectivity index (χ0n) is 21.1. The normalized spacial score (nSPS) is 25.9. The number of hydrogen-bond donors (Lipinski definition) is 3. The van der Waals surface area contributed by atoms with Gasteiger partial charge < -0.3 is 20.5 Å². The average Bonchev–Trinajstić information content (AvgIpc) is 3.48. The molecule has 3 aliphatic rings. The second-order valence-corrected chi connectivity index (χ2v) is 12.7. The molecule has 2 aromatic rings. The third-order valence-corrected chi connectivity index (χ3v) is 10.2. The van der Waals surface area contributed by atoms with Gasteiger partial charge in [-0.05, 0) is 56.2 Å². The molecule has 2 aromatic carbocycles. The molecule has 40 heavy (non-hydrogen) atoms. The van der Waals surface area contributed by atoms with Crippen molar-refractivity contribution < 1.29 is 41.0 Å². The quantitative estimate of drug-likeness (QED) is 0.412. The number of carbonyl (C=O) groups excluding carboxylic acids is 2. The van der Waals surface area contributed by atoms with Gasteiger partial charge in [-0.3, -0.25) is 9.59 Å². The van der Waals surface area contributed by atoms with Crippen LogP contribution < -0.4 is 10.6 Å². The van der Waals surface area contributed by atoms with Crippen LogP contribution in [0.1, 0.15) is 42.5 Å². The highest BCUT2D eigenvalue weighted by molar-refractivity contribution is 7.95. The van der Waals surface area contributed by atoms with Crippen LogP contribution in [-0.2, 0) is 19.4 Å². The molecule has 2 amide bonds. The van der Waals surface area contributed by atoms with Crippen molar-refractivity contribution in [2.75, 3.05) is 18.5 Å². The lowest BCUT2D eigenvalue weighted by molar-refractivity contribution is -0.132. The lowest BCUT2D eigenvalue weighted by Gasteiger charge is -2.38. The zero-order chi connectivity index (χ0) is 28.8. The summed E-state index contributed by atoms with van der Waals surface area (Å²) in [4.78, 5) is 24.8. The van der Waals surface area contributed by atoms with Crippen molar-refractivity contribution in [3.05, 3.63) is 69.4 Å². The molecule has 8 nitrogen and oxygen atoms in total. The van der Waals surface area contributed by atoms with Gasteiger partial charge in [0.2, 0.25) is 15.7 Å². The summed E-state index contributed by atoms with van der Waals surface area (Å²) in [5.74, 6) is -6.86. The standard InChI is InChI=1S/C27H26ClF3N2O6S/c28-19-6-3-14(25(34)33-17-11-20(29)24(31)21(30)12-17)8-23(19)40(37,38)18-9-15-4-5-16(10-18)27(15,36)13-32-26(35)22-2-1-7-39-22/h3,6,8-9,11-12,15-16,22,36H,1-2,4-5,7,10,13H2,(H,32,35)(H,33,34)/t15?,16?,22-,27-/m0/s1. The number of carbonyl (C=O) groups is 2. The maximum absolute atomic E-state index is 13.6. The summed E-state index contributed by atoms with van der Waals surface area (Å²) in [5.41, 5.74) is -1.85. The topological polar surface area (TPSA) is 122 Å². The fraction of sp³-hybridized carbons (Fsp3) is 0.407. The molecule has 13 heteroatoms. The van der Waals surface area contributed by atoms with Crippen molar-refractivity contribution in [3.63, 3.8) is 0 Å². The third kappa shape index (κ3) is 5.25. The minimum absolute atomic E-state index is 0.00597. The minimum atomic E-state index is -4.20. The summed E-state index contributed by atoms with van der Waals surface area (Å²) in [6.07, 6.45) is 3.41.